The number of hydrogen-bond acceptors (Lipinski definition) is 3. The van der Waals surface area contributed by atoms with Crippen LogP contribution in [-0.2, 0) is 16.1 Å². The second-order valence-corrected chi connectivity index (χ2v) is 8.20. The molecule has 0 amide bonds. The molecule has 1 aromatic carbocycles. The fourth-order valence-corrected chi connectivity index (χ4v) is 3.62. The molecule has 2 N–H and O–H groups in total. The van der Waals surface area contributed by atoms with Crippen molar-refractivity contribution >= 4 is 5.97 Å². The van der Waals surface area contributed by atoms with Crippen molar-refractivity contribution in [1.82, 2.24) is 0 Å². The lowest BCUT2D eigenvalue weighted by Gasteiger charge is -2.19. The molecule has 29 heavy (non-hydrogen) atoms. The van der Waals surface area contributed by atoms with E-state index >= 15 is 0 Å². The molecule has 0 bridgehead atoms. The molecule has 166 valence electrons. The van der Waals surface area contributed by atoms with Gasteiger partial charge >= 0.3 is 5.97 Å². The Labute approximate surface area is 177 Å². The number of aliphatic carboxylic acids is 1. The summed E-state index contributed by atoms with van der Waals surface area (Å²) in [5.41, 5.74) is 1.19. The van der Waals surface area contributed by atoms with Crippen LogP contribution in [0.1, 0.15) is 102 Å². The van der Waals surface area contributed by atoms with E-state index in [1.54, 1.807) is 0 Å². The number of benzene rings is 1. The van der Waals surface area contributed by atoms with Crippen LogP contribution in [0.5, 0.6) is 0 Å². The summed E-state index contributed by atoms with van der Waals surface area (Å²) in [6, 6.07) is 10.3. The van der Waals surface area contributed by atoms with Gasteiger partial charge in [-0.2, -0.15) is 0 Å². The number of hydrogen-bond donors (Lipinski definition) is 2. The van der Waals surface area contributed by atoms with Gasteiger partial charge in [-0.05, 0) is 37.7 Å². The van der Waals surface area contributed by atoms with Gasteiger partial charge in [-0.25, -0.2) is 0 Å². The number of carbonyl (C=O) groups is 1. The SMILES string of the molecule is CCCCCCCCCCC(CCCC(O)CCC(=O)O)OCc1ccccc1. The lowest BCUT2D eigenvalue weighted by atomic mass is 10.0. The van der Waals surface area contributed by atoms with Gasteiger partial charge in [0.05, 0.1) is 18.8 Å². The van der Waals surface area contributed by atoms with Crippen molar-refractivity contribution in [3.05, 3.63) is 35.9 Å². The summed E-state index contributed by atoms with van der Waals surface area (Å²) in [6.45, 7) is 2.88. The highest BCUT2D eigenvalue weighted by Crippen LogP contribution is 2.18. The Morgan fingerprint density at radius 2 is 1.48 bits per heavy atom. The molecule has 0 spiro atoms. The molecule has 0 heterocycles. The molecular formula is C25H42O4. The largest absolute Gasteiger partial charge is 0.481 e. The van der Waals surface area contributed by atoms with Crippen molar-refractivity contribution in [1.29, 1.82) is 0 Å². The quantitative estimate of drug-likeness (QED) is 0.257. The first kappa shape index (κ1) is 25.6. The van der Waals surface area contributed by atoms with Crippen molar-refractivity contribution in [2.24, 2.45) is 0 Å². The van der Waals surface area contributed by atoms with E-state index in [1.165, 1.54) is 56.9 Å². The number of aliphatic hydroxyl groups is 1. The molecule has 0 aliphatic heterocycles. The van der Waals surface area contributed by atoms with E-state index in [0.29, 0.717) is 19.4 Å². The van der Waals surface area contributed by atoms with Crippen LogP contribution in [0.4, 0.5) is 0 Å². The van der Waals surface area contributed by atoms with Gasteiger partial charge in [0.2, 0.25) is 0 Å². The predicted octanol–water partition coefficient (Wildman–Crippen LogP) is 6.50. The Kier molecular flexibility index (Phi) is 15.4. The summed E-state index contributed by atoms with van der Waals surface area (Å²) < 4.78 is 6.19. The fraction of sp³-hybridized carbons (Fsp3) is 0.720. The van der Waals surface area contributed by atoms with Crippen molar-refractivity contribution < 1.29 is 19.7 Å². The molecule has 0 aliphatic rings. The monoisotopic (exact) mass is 406 g/mol. The minimum Gasteiger partial charge on any atom is -0.481 e. The first-order valence-corrected chi connectivity index (χ1v) is 11.7. The first-order chi connectivity index (χ1) is 14.1. The van der Waals surface area contributed by atoms with Crippen molar-refractivity contribution in [2.75, 3.05) is 0 Å². The summed E-state index contributed by atoms with van der Waals surface area (Å²) in [4.78, 5) is 10.6. The lowest BCUT2D eigenvalue weighted by Crippen LogP contribution is -2.15. The lowest BCUT2D eigenvalue weighted by molar-refractivity contribution is -0.137. The van der Waals surface area contributed by atoms with Crippen LogP contribution in [-0.4, -0.2) is 28.4 Å². The maximum absolute atomic E-state index is 10.6. The Hall–Kier alpha value is -1.39. The van der Waals surface area contributed by atoms with Gasteiger partial charge in [-0.1, -0.05) is 88.6 Å². The maximum atomic E-state index is 10.6. The molecule has 2 atom stereocenters. The van der Waals surface area contributed by atoms with Crippen molar-refractivity contribution in [2.45, 2.75) is 116 Å². The minimum atomic E-state index is -0.845. The molecule has 0 aliphatic carbocycles. The molecule has 4 heteroatoms. The van der Waals surface area contributed by atoms with Gasteiger partial charge < -0.3 is 14.9 Å². The van der Waals surface area contributed by atoms with Crippen molar-refractivity contribution in [3.63, 3.8) is 0 Å². The van der Waals surface area contributed by atoms with Crippen LogP contribution in [0.25, 0.3) is 0 Å². The second-order valence-electron chi connectivity index (χ2n) is 8.20. The average Bonchev–Trinajstić information content (AvgIpc) is 2.72. The maximum Gasteiger partial charge on any atom is 0.303 e. The van der Waals surface area contributed by atoms with Gasteiger partial charge in [-0.15, -0.1) is 0 Å². The Bertz CT molecular complexity index is 503. The number of aliphatic hydroxyl groups excluding tert-OH is 1. The van der Waals surface area contributed by atoms with E-state index in [1.807, 2.05) is 18.2 Å². The van der Waals surface area contributed by atoms with Gasteiger partial charge in [0, 0.05) is 6.42 Å². The summed E-state index contributed by atoms with van der Waals surface area (Å²) in [7, 11) is 0. The molecule has 4 nitrogen and oxygen atoms in total. The van der Waals surface area contributed by atoms with Gasteiger partial charge in [0.25, 0.3) is 0 Å². The van der Waals surface area contributed by atoms with Crippen LogP contribution in [0.15, 0.2) is 30.3 Å². The third-order valence-corrected chi connectivity index (χ3v) is 5.46. The average molecular weight is 407 g/mol. The van der Waals surface area contributed by atoms with E-state index < -0.39 is 12.1 Å². The van der Waals surface area contributed by atoms with E-state index in [9.17, 15) is 9.90 Å². The third kappa shape index (κ3) is 15.2. The van der Waals surface area contributed by atoms with Crippen LogP contribution in [0.2, 0.25) is 0 Å². The molecule has 1 rings (SSSR count). The van der Waals surface area contributed by atoms with E-state index in [-0.39, 0.29) is 12.5 Å². The van der Waals surface area contributed by atoms with E-state index in [2.05, 4.69) is 19.1 Å². The highest BCUT2D eigenvalue weighted by atomic mass is 16.5. The van der Waals surface area contributed by atoms with Crippen LogP contribution < -0.4 is 0 Å². The first-order valence-electron chi connectivity index (χ1n) is 11.7. The Morgan fingerprint density at radius 1 is 0.862 bits per heavy atom. The molecule has 0 aromatic heterocycles. The molecule has 1 aromatic rings. The normalized spacial score (nSPS) is 13.3. The number of carboxylic acids is 1. The highest BCUT2D eigenvalue weighted by Gasteiger charge is 2.12. The Balaban J connectivity index is 2.27. The number of rotatable bonds is 19. The molecule has 0 radical (unpaired) electrons. The van der Waals surface area contributed by atoms with Crippen LogP contribution in [0, 0.1) is 0 Å². The standard InChI is InChI=1S/C25H42O4/c1-2-3-4-5-6-7-8-12-17-24(29-21-22-14-10-9-11-15-22)18-13-16-23(26)19-20-25(27)28/h9-11,14-15,23-24,26H,2-8,12-13,16-21H2,1H3,(H,27,28). The van der Waals surface area contributed by atoms with Crippen LogP contribution in [0.3, 0.4) is 0 Å². The summed E-state index contributed by atoms with van der Waals surface area (Å²) in [5, 5.41) is 18.7. The van der Waals surface area contributed by atoms with Gasteiger partial charge in [-0.3, -0.25) is 4.79 Å². The topological polar surface area (TPSA) is 66.8 Å². The molecule has 0 saturated heterocycles. The predicted molar refractivity (Wildman–Crippen MR) is 119 cm³/mol. The molecule has 0 fully saturated rings. The van der Waals surface area contributed by atoms with E-state index in [4.69, 9.17) is 9.84 Å². The second kappa shape index (κ2) is 17.5. The van der Waals surface area contributed by atoms with Gasteiger partial charge in [0.15, 0.2) is 0 Å². The summed E-state index contributed by atoms with van der Waals surface area (Å²) in [6.07, 6.45) is 14.0. The van der Waals surface area contributed by atoms with Gasteiger partial charge in [0.1, 0.15) is 0 Å². The van der Waals surface area contributed by atoms with Crippen molar-refractivity contribution in [3.8, 4) is 0 Å². The highest BCUT2D eigenvalue weighted by molar-refractivity contribution is 5.66. The Morgan fingerprint density at radius 3 is 2.14 bits per heavy atom. The smallest absolute Gasteiger partial charge is 0.303 e. The number of unbranched alkanes of at least 4 members (excludes halogenated alkanes) is 7. The minimum absolute atomic E-state index is 0.0351. The molecule has 0 saturated carbocycles. The third-order valence-electron chi connectivity index (χ3n) is 5.46. The van der Waals surface area contributed by atoms with E-state index in [0.717, 1.165) is 19.3 Å². The number of carboxylic acid groups (broad SMARTS) is 1. The molecule has 2 unspecified atom stereocenters. The zero-order valence-electron chi connectivity index (χ0n) is 18.4. The number of ether oxygens (including phenoxy) is 1. The zero-order valence-corrected chi connectivity index (χ0v) is 18.4. The summed E-state index contributed by atoms with van der Waals surface area (Å²) >= 11 is 0. The molecular weight excluding hydrogens is 364 g/mol. The zero-order chi connectivity index (χ0) is 21.2. The fourth-order valence-electron chi connectivity index (χ4n) is 3.62. The van der Waals surface area contributed by atoms with Crippen LogP contribution >= 0.6 is 0 Å². The summed E-state index contributed by atoms with van der Waals surface area (Å²) in [5.74, 6) is -0.845.